The number of hydrogen-bond donors (Lipinski definition) is 2. The number of amides is 1. The van der Waals surface area contributed by atoms with Crippen LogP contribution in [0.4, 0.5) is 5.69 Å². The van der Waals surface area contributed by atoms with Crippen LogP contribution in [0.15, 0.2) is 53.4 Å². The third kappa shape index (κ3) is 5.18. The first-order valence-electron chi connectivity index (χ1n) is 7.82. The molecular weight excluding hydrogens is 324 g/mol. The van der Waals surface area contributed by atoms with Crippen LogP contribution in [0.2, 0.25) is 0 Å². The van der Waals surface area contributed by atoms with Crippen molar-refractivity contribution in [3.05, 3.63) is 54.1 Å². The minimum Gasteiger partial charge on any atom is -0.588 e. The first kappa shape index (κ1) is 18.2. The molecule has 0 radical (unpaired) electrons. The van der Waals surface area contributed by atoms with Gasteiger partial charge in [-0.05, 0) is 69.3 Å². The number of rotatable bonds is 7. The number of benzene rings is 2. The van der Waals surface area contributed by atoms with Crippen molar-refractivity contribution in [3.8, 4) is 5.75 Å². The van der Waals surface area contributed by atoms with Crippen LogP contribution in [0.1, 0.15) is 31.1 Å². The lowest BCUT2D eigenvalue weighted by Crippen LogP contribution is -2.30. The van der Waals surface area contributed by atoms with E-state index >= 15 is 0 Å². The van der Waals surface area contributed by atoms with E-state index in [0.717, 1.165) is 5.75 Å². The highest BCUT2D eigenvalue weighted by atomic mass is 32.2. The largest absolute Gasteiger partial charge is 0.588 e. The topological polar surface area (TPSA) is 73.4 Å². The van der Waals surface area contributed by atoms with E-state index in [1.54, 1.807) is 48.5 Å². The highest BCUT2D eigenvalue weighted by Gasteiger charge is 2.13. The lowest BCUT2D eigenvalue weighted by Gasteiger charge is -2.13. The Morgan fingerprint density at radius 2 is 1.75 bits per heavy atom. The van der Waals surface area contributed by atoms with Gasteiger partial charge in [0.2, 0.25) is 0 Å². The summed E-state index contributed by atoms with van der Waals surface area (Å²) in [6.07, 6.45) is 0. The van der Waals surface area contributed by atoms with E-state index in [-0.39, 0.29) is 11.9 Å². The quantitative estimate of drug-likeness (QED) is 0.754. The minimum atomic E-state index is -1.38. The minimum absolute atomic E-state index is 0.0856. The van der Waals surface area contributed by atoms with Crippen molar-refractivity contribution >= 4 is 23.0 Å². The third-order valence-electron chi connectivity index (χ3n) is 3.13. The Balaban J connectivity index is 1.98. The van der Waals surface area contributed by atoms with Crippen LogP contribution in [-0.2, 0) is 11.4 Å². The SMILES string of the molecule is CCOc1ccc([S+]([O-])Nc2ccc(C(=O)NC(C)C)cc2)cc1. The first-order valence-corrected chi connectivity index (χ1v) is 8.96. The molecular formula is C18H22N2O3S. The molecule has 24 heavy (non-hydrogen) atoms. The van der Waals surface area contributed by atoms with Gasteiger partial charge in [-0.1, -0.05) is 0 Å². The van der Waals surface area contributed by atoms with Crippen molar-refractivity contribution in [2.24, 2.45) is 0 Å². The fraction of sp³-hybridized carbons (Fsp3) is 0.278. The van der Waals surface area contributed by atoms with Crippen molar-refractivity contribution in [1.82, 2.24) is 5.32 Å². The summed E-state index contributed by atoms with van der Waals surface area (Å²) in [6.45, 7) is 6.33. The van der Waals surface area contributed by atoms with Gasteiger partial charge >= 0.3 is 0 Å². The zero-order chi connectivity index (χ0) is 17.5. The molecule has 0 bridgehead atoms. The smallest absolute Gasteiger partial charge is 0.251 e. The van der Waals surface area contributed by atoms with Crippen molar-refractivity contribution in [2.45, 2.75) is 31.7 Å². The van der Waals surface area contributed by atoms with Crippen molar-refractivity contribution < 1.29 is 14.1 Å². The number of carbonyl (C=O) groups excluding carboxylic acids is 1. The van der Waals surface area contributed by atoms with Gasteiger partial charge in [0.15, 0.2) is 4.90 Å². The van der Waals surface area contributed by atoms with Crippen LogP contribution in [0.3, 0.4) is 0 Å². The van der Waals surface area contributed by atoms with Crippen LogP contribution in [0.25, 0.3) is 0 Å². The molecule has 5 nitrogen and oxygen atoms in total. The van der Waals surface area contributed by atoms with Gasteiger partial charge in [-0.2, -0.15) is 0 Å². The van der Waals surface area contributed by atoms with Crippen molar-refractivity contribution in [3.63, 3.8) is 0 Å². The summed E-state index contributed by atoms with van der Waals surface area (Å²) in [5.41, 5.74) is 1.25. The number of carbonyl (C=O) groups is 1. The van der Waals surface area contributed by atoms with E-state index in [1.807, 2.05) is 20.8 Å². The number of hydrogen-bond acceptors (Lipinski definition) is 4. The summed E-state index contributed by atoms with van der Waals surface area (Å²) >= 11 is -1.38. The summed E-state index contributed by atoms with van der Waals surface area (Å²) in [5.74, 6) is 0.628. The Labute approximate surface area is 145 Å². The van der Waals surface area contributed by atoms with Gasteiger partial charge in [0, 0.05) is 11.6 Å². The maximum absolute atomic E-state index is 12.3. The molecule has 0 aliphatic heterocycles. The molecule has 1 amide bonds. The molecule has 0 saturated carbocycles. The van der Waals surface area contributed by atoms with E-state index in [9.17, 15) is 9.35 Å². The summed E-state index contributed by atoms with van der Waals surface area (Å²) < 4.78 is 20.6. The molecule has 0 aliphatic rings. The molecule has 128 valence electrons. The molecule has 0 aliphatic carbocycles. The zero-order valence-corrected chi connectivity index (χ0v) is 14.9. The molecule has 0 saturated heterocycles. The van der Waals surface area contributed by atoms with Crippen LogP contribution in [0.5, 0.6) is 5.75 Å². The molecule has 2 rings (SSSR count). The second-order valence-corrected chi connectivity index (χ2v) is 6.69. The second kappa shape index (κ2) is 8.61. The second-order valence-electron chi connectivity index (χ2n) is 5.48. The predicted molar refractivity (Wildman–Crippen MR) is 96.7 cm³/mol. The van der Waals surface area contributed by atoms with Crippen molar-refractivity contribution in [2.75, 3.05) is 11.3 Å². The number of ether oxygens (including phenoxy) is 1. The predicted octanol–water partition coefficient (Wildman–Crippen LogP) is 3.36. The van der Waals surface area contributed by atoms with Gasteiger partial charge in [0.25, 0.3) is 5.91 Å². The van der Waals surface area contributed by atoms with Crippen LogP contribution >= 0.6 is 0 Å². The van der Waals surface area contributed by atoms with Gasteiger partial charge in [0.1, 0.15) is 17.1 Å². The fourth-order valence-corrected chi connectivity index (χ4v) is 2.88. The van der Waals surface area contributed by atoms with Crippen LogP contribution in [0, 0.1) is 0 Å². The van der Waals surface area contributed by atoms with E-state index in [4.69, 9.17) is 4.74 Å². The maximum atomic E-state index is 12.3. The Hall–Kier alpha value is -2.18. The summed E-state index contributed by atoms with van der Waals surface area (Å²) in [7, 11) is 0. The third-order valence-corrected chi connectivity index (χ3v) is 4.25. The summed E-state index contributed by atoms with van der Waals surface area (Å²) in [4.78, 5) is 12.5. The molecule has 2 N–H and O–H groups in total. The molecule has 1 unspecified atom stereocenters. The standard InChI is InChI=1S/C18H22N2O3S/c1-4-23-16-9-11-17(12-10-16)24(22)20-15-7-5-14(6-8-15)18(21)19-13(2)3/h5-13,20H,4H2,1-3H3,(H,19,21). The van der Waals surface area contributed by atoms with Gasteiger partial charge in [-0.15, -0.1) is 0 Å². The Morgan fingerprint density at radius 1 is 1.12 bits per heavy atom. The zero-order valence-electron chi connectivity index (χ0n) is 14.0. The molecule has 0 fully saturated rings. The van der Waals surface area contributed by atoms with Crippen LogP contribution in [-0.4, -0.2) is 23.1 Å². The Bertz CT molecular complexity index is 657. The Morgan fingerprint density at radius 3 is 2.29 bits per heavy atom. The van der Waals surface area contributed by atoms with E-state index in [2.05, 4.69) is 10.0 Å². The average Bonchev–Trinajstić information content (AvgIpc) is 2.56. The Kier molecular flexibility index (Phi) is 6.52. The summed E-state index contributed by atoms with van der Waals surface area (Å²) in [6, 6.07) is 14.1. The lowest BCUT2D eigenvalue weighted by molar-refractivity contribution is 0.0943. The average molecular weight is 346 g/mol. The molecule has 2 aromatic carbocycles. The first-order chi connectivity index (χ1) is 11.5. The highest BCUT2D eigenvalue weighted by Crippen LogP contribution is 2.19. The number of nitrogens with one attached hydrogen (secondary N) is 2. The van der Waals surface area contributed by atoms with E-state index in [0.29, 0.717) is 22.8 Å². The molecule has 0 heterocycles. The maximum Gasteiger partial charge on any atom is 0.251 e. The molecule has 6 heteroatoms. The van der Waals surface area contributed by atoms with Crippen LogP contribution < -0.4 is 14.8 Å². The molecule has 1 atom stereocenters. The van der Waals surface area contributed by atoms with Gasteiger partial charge in [-0.25, -0.2) is 4.72 Å². The molecule has 0 aromatic heterocycles. The monoisotopic (exact) mass is 346 g/mol. The lowest BCUT2D eigenvalue weighted by atomic mass is 10.2. The van der Waals surface area contributed by atoms with Gasteiger partial charge in [0.05, 0.1) is 12.3 Å². The van der Waals surface area contributed by atoms with E-state index < -0.39 is 11.4 Å². The normalized spacial score (nSPS) is 11.9. The summed E-state index contributed by atoms with van der Waals surface area (Å²) in [5, 5.41) is 2.83. The van der Waals surface area contributed by atoms with Gasteiger partial charge < -0.3 is 14.6 Å². The molecule has 2 aromatic rings. The number of anilines is 1. The van der Waals surface area contributed by atoms with Crippen molar-refractivity contribution in [1.29, 1.82) is 0 Å². The van der Waals surface area contributed by atoms with Gasteiger partial charge in [-0.3, -0.25) is 4.79 Å². The van der Waals surface area contributed by atoms with E-state index in [1.165, 1.54) is 0 Å². The highest BCUT2D eigenvalue weighted by molar-refractivity contribution is 7.92. The fourth-order valence-electron chi connectivity index (χ4n) is 2.03. The molecule has 0 spiro atoms.